The van der Waals surface area contributed by atoms with Gasteiger partial charge in [-0.1, -0.05) is 53.8 Å². The Morgan fingerprint density at radius 2 is 1.90 bits per heavy atom. The molecule has 5 rings (SSSR count). The molecule has 0 saturated carbocycles. The lowest BCUT2D eigenvalue weighted by Crippen LogP contribution is -2.22. The average Bonchev–Trinajstić information content (AvgIpc) is 3.38. The Labute approximate surface area is 169 Å². The Hall–Kier alpha value is -3.58. The minimum atomic E-state index is -0.188. The van der Waals surface area contributed by atoms with Crippen LogP contribution in [0.1, 0.15) is 22.8 Å². The molecule has 0 aliphatic carbocycles. The maximum Gasteiger partial charge on any atom is 0.274 e. The van der Waals surface area contributed by atoms with Gasteiger partial charge in [-0.25, -0.2) is 14.1 Å². The molecule has 0 spiro atoms. The zero-order chi connectivity index (χ0) is 20.1. The first kappa shape index (κ1) is 17.5. The van der Waals surface area contributed by atoms with Crippen LogP contribution in [0.15, 0.2) is 59.5 Å². The van der Waals surface area contributed by atoms with Crippen LogP contribution in [0.3, 0.4) is 0 Å². The zero-order valence-corrected chi connectivity index (χ0v) is 16.6. The predicted molar refractivity (Wildman–Crippen MR) is 114 cm³/mol. The topological polar surface area (TPSA) is 69.3 Å². The number of carbonyl (C=O) groups is 1. The number of benzene rings is 2. The van der Waals surface area contributed by atoms with E-state index >= 15 is 0 Å². The summed E-state index contributed by atoms with van der Waals surface area (Å²) in [5.74, 6) is -0.188. The Balaban J connectivity index is 1.77. The summed E-state index contributed by atoms with van der Waals surface area (Å²) in [6.45, 7) is 3.44. The minimum absolute atomic E-state index is 0.118. The molecule has 29 heavy (non-hydrogen) atoms. The molecule has 142 valence electrons. The summed E-state index contributed by atoms with van der Waals surface area (Å²) in [4.78, 5) is 30.3. The third-order valence-electron chi connectivity index (χ3n) is 4.87. The van der Waals surface area contributed by atoms with E-state index < -0.39 is 0 Å². The van der Waals surface area contributed by atoms with Crippen molar-refractivity contribution in [3.8, 4) is 11.3 Å². The second kappa shape index (κ2) is 6.49. The van der Waals surface area contributed by atoms with Crippen molar-refractivity contribution in [1.82, 2.24) is 19.2 Å². The standard InChI is InChI=1S/C22H16N4O2S/c1-13-7-6-10-17-19(13)23-22-26(17)21(28)18(29-22)11-16-12-25(14(2)27)24-20(16)15-8-4-3-5-9-15/h3-12H,1-2H3/b18-11-. The highest BCUT2D eigenvalue weighted by Crippen LogP contribution is 2.23. The van der Waals surface area contributed by atoms with Crippen LogP contribution in [0.25, 0.3) is 33.3 Å². The van der Waals surface area contributed by atoms with Crippen molar-refractivity contribution in [3.63, 3.8) is 0 Å². The minimum Gasteiger partial charge on any atom is -0.273 e. The number of hydrogen-bond acceptors (Lipinski definition) is 5. The molecule has 3 heterocycles. The van der Waals surface area contributed by atoms with Gasteiger partial charge in [-0.05, 0) is 24.6 Å². The number of thiazole rings is 1. The summed E-state index contributed by atoms with van der Waals surface area (Å²) >= 11 is 1.34. The van der Waals surface area contributed by atoms with Crippen molar-refractivity contribution in [3.05, 3.63) is 80.7 Å². The van der Waals surface area contributed by atoms with E-state index in [9.17, 15) is 9.59 Å². The van der Waals surface area contributed by atoms with E-state index in [1.807, 2.05) is 55.5 Å². The number of rotatable bonds is 2. The Morgan fingerprint density at radius 3 is 2.66 bits per heavy atom. The van der Waals surface area contributed by atoms with Crippen LogP contribution in [-0.2, 0) is 0 Å². The van der Waals surface area contributed by atoms with Gasteiger partial charge in [0.15, 0.2) is 4.96 Å². The monoisotopic (exact) mass is 400 g/mol. The largest absolute Gasteiger partial charge is 0.274 e. The molecule has 0 amide bonds. The Bertz CT molecular complexity index is 1510. The fourth-order valence-electron chi connectivity index (χ4n) is 3.44. The molecule has 0 aliphatic heterocycles. The smallest absolute Gasteiger partial charge is 0.273 e. The summed E-state index contributed by atoms with van der Waals surface area (Å²) in [5.41, 5.74) is 4.83. The Kier molecular flexibility index (Phi) is 3.92. The number of aryl methyl sites for hydroxylation is 1. The van der Waals surface area contributed by atoms with Crippen LogP contribution < -0.4 is 10.1 Å². The number of fused-ring (bicyclic) bond motifs is 3. The van der Waals surface area contributed by atoms with E-state index in [-0.39, 0.29) is 11.5 Å². The summed E-state index contributed by atoms with van der Waals surface area (Å²) < 4.78 is 3.50. The molecule has 2 aromatic carbocycles. The summed E-state index contributed by atoms with van der Waals surface area (Å²) in [6.07, 6.45) is 3.45. The van der Waals surface area contributed by atoms with Crippen LogP contribution in [0, 0.1) is 6.92 Å². The zero-order valence-electron chi connectivity index (χ0n) is 15.8. The molecule has 0 unspecified atom stereocenters. The van der Waals surface area contributed by atoms with E-state index in [2.05, 4.69) is 10.1 Å². The maximum atomic E-state index is 13.1. The van der Waals surface area contributed by atoms with Gasteiger partial charge in [0.1, 0.15) is 5.69 Å². The molecule has 7 heteroatoms. The fraction of sp³-hybridized carbons (Fsp3) is 0.0909. The SMILES string of the molecule is CC(=O)n1cc(/C=c2\sc3nc4c(C)cccc4n3c2=O)c(-c2ccccc2)n1. The van der Waals surface area contributed by atoms with Crippen molar-refractivity contribution in [2.24, 2.45) is 0 Å². The highest BCUT2D eigenvalue weighted by atomic mass is 32.1. The lowest BCUT2D eigenvalue weighted by atomic mass is 10.1. The molecule has 0 fully saturated rings. The first-order valence-corrected chi connectivity index (χ1v) is 9.93. The average molecular weight is 400 g/mol. The van der Waals surface area contributed by atoms with Crippen LogP contribution in [0.4, 0.5) is 0 Å². The van der Waals surface area contributed by atoms with Gasteiger partial charge >= 0.3 is 0 Å². The second-order valence-corrected chi connectivity index (χ2v) is 7.86. The molecule has 5 aromatic rings. The summed E-state index contributed by atoms with van der Waals surface area (Å²) in [6, 6.07) is 15.4. The van der Waals surface area contributed by atoms with Gasteiger partial charge in [0.25, 0.3) is 5.56 Å². The number of imidazole rings is 1. The van der Waals surface area contributed by atoms with E-state index in [0.29, 0.717) is 20.8 Å². The van der Waals surface area contributed by atoms with Crippen molar-refractivity contribution in [2.75, 3.05) is 0 Å². The quantitative estimate of drug-likeness (QED) is 0.456. The van der Waals surface area contributed by atoms with Crippen molar-refractivity contribution >= 4 is 39.3 Å². The molecule has 0 atom stereocenters. The molecule has 6 nitrogen and oxygen atoms in total. The van der Waals surface area contributed by atoms with E-state index in [1.165, 1.54) is 22.9 Å². The number of para-hydroxylation sites is 1. The molecule has 3 aromatic heterocycles. The normalized spacial score (nSPS) is 12.3. The van der Waals surface area contributed by atoms with Gasteiger partial charge in [0, 0.05) is 24.2 Å². The van der Waals surface area contributed by atoms with Gasteiger partial charge in [-0.2, -0.15) is 5.10 Å². The first-order chi connectivity index (χ1) is 14.0. The number of carbonyl (C=O) groups excluding carboxylic acids is 1. The molecule has 0 radical (unpaired) electrons. The van der Waals surface area contributed by atoms with Crippen LogP contribution in [0.2, 0.25) is 0 Å². The van der Waals surface area contributed by atoms with E-state index in [1.54, 1.807) is 16.7 Å². The van der Waals surface area contributed by atoms with E-state index in [4.69, 9.17) is 0 Å². The van der Waals surface area contributed by atoms with Gasteiger partial charge in [0.2, 0.25) is 5.91 Å². The van der Waals surface area contributed by atoms with Gasteiger partial charge in [0.05, 0.1) is 15.6 Å². The van der Waals surface area contributed by atoms with Crippen LogP contribution in [0.5, 0.6) is 0 Å². The highest BCUT2D eigenvalue weighted by Gasteiger charge is 2.15. The first-order valence-electron chi connectivity index (χ1n) is 9.11. The number of nitrogens with zero attached hydrogens (tertiary/aromatic N) is 4. The third-order valence-corrected chi connectivity index (χ3v) is 5.84. The number of hydrogen-bond donors (Lipinski definition) is 0. The molecular formula is C22H16N4O2S. The number of aromatic nitrogens is 4. The fourth-order valence-corrected chi connectivity index (χ4v) is 4.41. The van der Waals surface area contributed by atoms with Gasteiger partial charge in [-0.3, -0.25) is 9.59 Å². The molecule has 0 aliphatic rings. The molecule has 0 saturated heterocycles. The maximum absolute atomic E-state index is 13.1. The predicted octanol–water partition coefficient (Wildman–Crippen LogP) is 3.29. The molecule has 0 bridgehead atoms. The van der Waals surface area contributed by atoms with Crippen molar-refractivity contribution in [1.29, 1.82) is 0 Å². The van der Waals surface area contributed by atoms with Crippen LogP contribution in [-0.4, -0.2) is 25.1 Å². The van der Waals surface area contributed by atoms with Crippen molar-refractivity contribution < 1.29 is 4.79 Å². The van der Waals surface area contributed by atoms with Gasteiger partial charge in [-0.15, -0.1) is 0 Å². The lowest BCUT2D eigenvalue weighted by molar-refractivity contribution is 0.0921. The summed E-state index contributed by atoms with van der Waals surface area (Å²) in [5, 5.41) is 4.42. The molecule has 0 N–H and O–H groups in total. The highest BCUT2D eigenvalue weighted by molar-refractivity contribution is 7.15. The van der Waals surface area contributed by atoms with Crippen molar-refractivity contribution in [2.45, 2.75) is 13.8 Å². The third kappa shape index (κ3) is 2.78. The second-order valence-electron chi connectivity index (χ2n) is 6.85. The lowest BCUT2D eigenvalue weighted by Gasteiger charge is -1.97. The van der Waals surface area contributed by atoms with E-state index in [0.717, 1.165) is 22.2 Å². The van der Waals surface area contributed by atoms with Crippen LogP contribution >= 0.6 is 11.3 Å². The summed E-state index contributed by atoms with van der Waals surface area (Å²) in [7, 11) is 0. The van der Waals surface area contributed by atoms with Gasteiger partial charge < -0.3 is 0 Å². The molecular weight excluding hydrogens is 384 g/mol. The Morgan fingerprint density at radius 1 is 1.10 bits per heavy atom.